The molecule has 0 fully saturated rings. The number of carbonyl (C=O) groups excluding carboxylic acids is 2. The van der Waals surface area contributed by atoms with Crippen LogP contribution in [0.1, 0.15) is 53.7 Å². The summed E-state index contributed by atoms with van der Waals surface area (Å²) in [5, 5.41) is 0. The molecule has 1 unspecified atom stereocenters. The lowest BCUT2D eigenvalue weighted by molar-refractivity contribution is -0.144. The van der Waals surface area contributed by atoms with Crippen LogP contribution in [0.2, 0.25) is 0 Å². The first-order valence-corrected chi connectivity index (χ1v) is 10.7. The van der Waals surface area contributed by atoms with Gasteiger partial charge in [-0.15, -0.1) is 0 Å². The molecule has 0 aliphatic carbocycles. The second-order valence-corrected chi connectivity index (χ2v) is 8.51. The first-order chi connectivity index (χ1) is 13.4. The molecule has 1 aliphatic rings. The molecule has 1 amide bonds. The maximum atomic E-state index is 13.2. The Morgan fingerprint density at radius 3 is 2.46 bits per heavy atom. The third-order valence-electron chi connectivity index (χ3n) is 4.74. The highest BCUT2D eigenvalue weighted by atomic mass is 32.2. The predicted molar refractivity (Wildman–Crippen MR) is 104 cm³/mol. The van der Waals surface area contributed by atoms with Crippen LogP contribution in [0.4, 0.5) is 0 Å². The first-order valence-electron chi connectivity index (χ1n) is 9.27. The average Bonchev–Trinajstić information content (AvgIpc) is 2.90. The smallest absolute Gasteiger partial charge is 0.308 e. The molecule has 6 nitrogen and oxygen atoms in total. The molecular weight excluding hydrogens is 378 g/mol. The minimum Gasteiger partial charge on any atom is -0.466 e. The van der Waals surface area contributed by atoms with E-state index < -0.39 is 27.9 Å². The molecule has 0 radical (unpaired) electrons. The van der Waals surface area contributed by atoms with Crippen molar-refractivity contribution < 1.29 is 22.7 Å². The number of rotatable bonds is 6. The maximum absolute atomic E-state index is 13.2. The Morgan fingerprint density at radius 2 is 1.79 bits per heavy atom. The number of fused-ring (bicyclic) bond motifs is 1. The van der Waals surface area contributed by atoms with Crippen LogP contribution in [0.3, 0.4) is 0 Å². The first kappa shape index (κ1) is 20.1. The summed E-state index contributed by atoms with van der Waals surface area (Å²) in [6, 6.07) is 12.4. The normalized spacial score (nSPS) is 17.2. The average molecular weight is 401 g/mol. The minimum atomic E-state index is -4.07. The van der Waals surface area contributed by atoms with Gasteiger partial charge in [0.2, 0.25) is 0 Å². The molecule has 0 N–H and O–H groups in total. The van der Waals surface area contributed by atoms with Gasteiger partial charge in [-0.25, -0.2) is 12.7 Å². The van der Waals surface area contributed by atoms with Gasteiger partial charge in [0.15, 0.2) is 0 Å². The van der Waals surface area contributed by atoms with E-state index in [0.717, 1.165) is 17.1 Å². The van der Waals surface area contributed by atoms with Gasteiger partial charge in [0.05, 0.1) is 24.0 Å². The highest BCUT2D eigenvalue weighted by Gasteiger charge is 2.47. The van der Waals surface area contributed by atoms with Crippen molar-refractivity contribution in [3.63, 3.8) is 0 Å². The number of nitrogens with zero attached hydrogens (tertiary/aromatic N) is 1. The summed E-state index contributed by atoms with van der Waals surface area (Å²) in [7, 11) is -4.07. The number of carbonyl (C=O) groups is 2. The molecule has 2 aromatic carbocycles. The fourth-order valence-electron chi connectivity index (χ4n) is 3.38. The third-order valence-corrected chi connectivity index (χ3v) is 6.75. The van der Waals surface area contributed by atoms with Crippen molar-refractivity contribution in [2.24, 2.45) is 0 Å². The highest BCUT2D eigenvalue weighted by molar-refractivity contribution is 7.90. The summed E-state index contributed by atoms with van der Waals surface area (Å²) in [5.74, 6) is -1.17. The number of hydrogen-bond acceptors (Lipinski definition) is 5. The molecule has 1 atom stereocenters. The molecule has 0 saturated carbocycles. The van der Waals surface area contributed by atoms with E-state index in [1.807, 2.05) is 6.92 Å². The van der Waals surface area contributed by atoms with Gasteiger partial charge >= 0.3 is 5.97 Å². The fraction of sp³-hybridized carbons (Fsp3) is 0.333. The van der Waals surface area contributed by atoms with Crippen LogP contribution in [0, 0.1) is 6.92 Å². The summed E-state index contributed by atoms with van der Waals surface area (Å²) in [6.07, 6.45) is 1.40. The van der Waals surface area contributed by atoms with Crippen LogP contribution in [-0.4, -0.2) is 31.2 Å². The van der Waals surface area contributed by atoms with Crippen molar-refractivity contribution in [1.29, 1.82) is 0 Å². The van der Waals surface area contributed by atoms with Crippen LogP contribution in [-0.2, 0) is 19.6 Å². The Kier molecular flexibility index (Phi) is 5.84. The number of amides is 1. The van der Waals surface area contributed by atoms with Gasteiger partial charge in [-0.3, -0.25) is 9.59 Å². The molecule has 0 saturated heterocycles. The standard InChI is InChI=1S/C21H23NO5S/c1-3-4-13-27-19(23)14-18-17-12-8-9-15(2)20(17)28(25,26)22(18)21(24)16-10-6-5-7-11-16/h5-12,18H,3-4,13-14H2,1-2H3. The Morgan fingerprint density at radius 1 is 1.07 bits per heavy atom. The molecule has 7 heteroatoms. The van der Waals surface area contributed by atoms with Crippen LogP contribution in [0.15, 0.2) is 53.4 Å². The van der Waals surface area contributed by atoms with Crippen LogP contribution in [0.5, 0.6) is 0 Å². The van der Waals surface area contributed by atoms with E-state index in [1.165, 1.54) is 0 Å². The third kappa shape index (κ3) is 3.67. The molecule has 1 heterocycles. The van der Waals surface area contributed by atoms with Gasteiger partial charge < -0.3 is 4.74 Å². The summed E-state index contributed by atoms with van der Waals surface area (Å²) in [6.45, 7) is 3.95. The molecule has 0 aromatic heterocycles. The number of hydrogen-bond donors (Lipinski definition) is 0. The molecular formula is C21H23NO5S. The number of benzene rings is 2. The van der Waals surface area contributed by atoms with Crippen molar-refractivity contribution in [1.82, 2.24) is 4.31 Å². The van der Waals surface area contributed by atoms with Gasteiger partial charge in [0.25, 0.3) is 15.9 Å². The number of unbranched alkanes of at least 4 members (excludes halogenated alkanes) is 1. The van der Waals surface area contributed by atoms with Gasteiger partial charge in [-0.2, -0.15) is 0 Å². The molecule has 148 valence electrons. The molecule has 0 bridgehead atoms. The highest BCUT2D eigenvalue weighted by Crippen LogP contribution is 2.43. The van der Waals surface area contributed by atoms with Crippen LogP contribution >= 0.6 is 0 Å². The van der Waals surface area contributed by atoms with Gasteiger partial charge in [0, 0.05) is 5.56 Å². The van der Waals surface area contributed by atoms with E-state index in [2.05, 4.69) is 0 Å². The Hall–Kier alpha value is -2.67. The van der Waals surface area contributed by atoms with Crippen LogP contribution < -0.4 is 0 Å². The SMILES string of the molecule is CCCCOC(=O)CC1c2cccc(C)c2S(=O)(=O)N1C(=O)c1ccccc1. The summed E-state index contributed by atoms with van der Waals surface area (Å²) in [4.78, 5) is 25.5. The molecule has 0 spiro atoms. The van der Waals surface area contributed by atoms with Gasteiger partial charge in [-0.05, 0) is 36.6 Å². The second kappa shape index (κ2) is 8.14. The second-order valence-electron chi connectivity index (χ2n) is 6.76. The molecule has 1 aliphatic heterocycles. The number of ether oxygens (including phenoxy) is 1. The lowest BCUT2D eigenvalue weighted by atomic mass is 10.0. The van der Waals surface area contributed by atoms with Crippen molar-refractivity contribution in [3.8, 4) is 0 Å². The van der Waals surface area contributed by atoms with Crippen molar-refractivity contribution in [3.05, 3.63) is 65.2 Å². The minimum absolute atomic E-state index is 0.102. The lowest BCUT2D eigenvalue weighted by Gasteiger charge is -2.23. The summed E-state index contributed by atoms with van der Waals surface area (Å²) < 4.78 is 32.5. The molecule has 28 heavy (non-hydrogen) atoms. The largest absolute Gasteiger partial charge is 0.466 e. The number of esters is 1. The Balaban J connectivity index is 2.01. The quantitative estimate of drug-likeness (QED) is 0.546. The van der Waals surface area contributed by atoms with Gasteiger partial charge in [-0.1, -0.05) is 49.7 Å². The lowest BCUT2D eigenvalue weighted by Crippen LogP contribution is -2.36. The van der Waals surface area contributed by atoms with E-state index >= 15 is 0 Å². The van der Waals surface area contributed by atoms with E-state index in [0.29, 0.717) is 11.1 Å². The topological polar surface area (TPSA) is 80.8 Å². The van der Waals surface area contributed by atoms with Crippen molar-refractivity contribution in [2.45, 2.75) is 44.0 Å². The van der Waals surface area contributed by atoms with E-state index in [1.54, 1.807) is 55.5 Å². The number of aryl methyl sites for hydroxylation is 1. The summed E-state index contributed by atoms with van der Waals surface area (Å²) >= 11 is 0. The Labute approximate surface area is 165 Å². The zero-order valence-electron chi connectivity index (χ0n) is 15.9. The van der Waals surface area contributed by atoms with Crippen molar-refractivity contribution in [2.75, 3.05) is 6.61 Å². The van der Waals surface area contributed by atoms with E-state index in [-0.39, 0.29) is 23.5 Å². The zero-order chi connectivity index (χ0) is 20.3. The molecule has 2 aromatic rings. The predicted octanol–water partition coefficient (Wildman–Crippen LogP) is 3.61. The zero-order valence-corrected chi connectivity index (χ0v) is 16.7. The number of sulfonamides is 1. The van der Waals surface area contributed by atoms with Crippen molar-refractivity contribution >= 4 is 21.9 Å². The fourth-order valence-corrected chi connectivity index (χ4v) is 5.40. The van der Waals surface area contributed by atoms with Gasteiger partial charge in [0.1, 0.15) is 0 Å². The van der Waals surface area contributed by atoms with E-state index in [4.69, 9.17) is 4.74 Å². The summed E-state index contributed by atoms with van der Waals surface area (Å²) in [5.41, 5.74) is 1.25. The van der Waals surface area contributed by atoms with E-state index in [9.17, 15) is 18.0 Å². The monoisotopic (exact) mass is 401 g/mol. The molecule has 3 rings (SSSR count). The van der Waals surface area contributed by atoms with Crippen LogP contribution in [0.25, 0.3) is 0 Å². The maximum Gasteiger partial charge on any atom is 0.308 e. The Bertz CT molecular complexity index is 985.